The van der Waals surface area contributed by atoms with E-state index in [0.29, 0.717) is 41.6 Å². The van der Waals surface area contributed by atoms with Crippen LogP contribution in [0.15, 0.2) is 102 Å². The largest absolute Gasteiger partial charge is 0.494 e. The van der Waals surface area contributed by atoms with E-state index in [-0.39, 0.29) is 5.75 Å². The molecule has 0 heterocycles. The minimum absolute atomic E-state index is 0.273. The molecule has 4 aromatic carbocycles. The zero-order valence-electron chi connectivity index (χ0n) is 23.9. The lowest BCUT2D eigenvalue weighted by atomic mass is 10.1. The summed E-state index contributed by atoms with van der Waals surface area (Å²) in [5.74, 6) is 0.996. The topological polar surface area (TPSA) is 95.5 Å². The second-order valence-electron chi connectivity index (χ2n) is 9.29. The number of hydrazone groups is 1. The molecule has 1 amide bonds. The van der Waals surface area contributed by atoms with E-state index in [1.54, 1.807) is 49.4 Å². The summed E-state index contributed by atoms with van der Waals surface area (Å²) in [6.07, 6.45) is 1.61. The number of amides is 1. The van der Waals surface area contributed by atoms with Gasteiger partial charge in [0.05, 0.1) is 25.0 Å². The van der Waals surface area contributed by atoms with Crippen molar-refractivity contribution in [1.82, 2.24) is 5.43 Å². The number of ether oxygens (including phenoxy) is 4. The molecular weight excluding hydrogens is 532 g/mol. The van der Waals surface area contributed by atoms with Gasteiger partial charge in [-0.1, -0.05) is 49.4 Å². The van der Waals surface area contributed by atoms with E-state index in [2.05, 4.69) is 10.5 Å². The van der Waals surface area contributed by atoms with Gasteiger partial charge in [-0.25, -0.2) is 10.2 Å². The number of nitrogens with one attached hydrogen (secondary N) is 1. The van der Waals surface area contributed by atoms with Gasteiger partial charge in [0.15, 0.2) is 17.6 Å². The van der Waals surface area contributed by atoms with Gasteiger partial charge < -0.3 is 18.9 Å². The first-order valence-corrected chi connectivity index (χ1v) is 13.8. The summed E-state index contributed by atoms with van der Waals surface area (Å²) in [6, 6.07) is 29.3. The Kier molecular flexibility index (Phi) is 10.7. The van der Waals surface area contributed by atoms with Crippen LogP contribution in [0.4, 0.5) is 0 Å². The number of carbonyl (C=O) groups excluding carboxylic acids is 2. The van der Waals surface area contributed by atoms with Crippen molar-refractivity contribution in [1.29, 1.82) is 0 Å². The van der Waals surface area contributed by atoms with E-state index in [0.717, 1.165) is 17.5 Å². The van der Waals surface area contributed by atoms with E-state index in [9.17, 15) is 9.59 Å². The Morgan fingerprint density at radius 3 is 2.19 bits per heavy atom. The minimum atomic E-state index is -0.766. The van der Waals surface area contributed by atoms with Crippen molar-refractivity contribution in [2.75, 3.05) is 13.2 Å². The zero-order chi connectivity index (χ0) is 29.7. The molecule has 1 N–H and O–H groups in total. The van der Waals surface area contributed by atoms with Crippen molar-refractivity contribution >= 4 is 18.1 Å². The quantitative estimate of drug-likeness (QED) is 0.0840. The SMILES string of the molecule is CCCOc1ccc(C(=O)Oc2ccc(/C=N\NC(=O)[C@H](C)Oc3ccc(-c4ccccc4)cc3)cc2OCC)cc1. The Labute approximate surface area is 245 Å². The number of benzene rings is 4. The number of hydrogen-bond donors (Lipinski definition) is 1. The number of nitrogens with zero attached hydrogens (tertiary/aromatic N) is 1. The third kappa shape index (κ3) is 8.44. The highest BCUT2D eigenvalue weighted by atomic mass is 16.6. The molecule has 0 aromatic heterocycles. The summed E-state index contributed by atoms with van der Waals surface area (Å²) in [7, 11) is 0. The summed E-state index contributed by atoms with van der Waals surface area (Å²) in [4.78, 5) is 25.2. The van der Waals surface area contributed by atoms with Gasteiger partial charge in [-0.15, -0.1) is 0 Å². The number of esters is 1. The van der Waals surface area contributed by atoms with Crippen LogP contribution in [0.25, 0.3) is 11.1 Å². The highest BCUT2D eigenvalue weighted by molar-refractivity contribution is 5.92. The van der Waals surface area contributed by atoms with Crippen LogP contribution in [0.3, 0.4) is 0 Å². The first-order chi connectivity index (χ1) is 20.5. The molecule has 0 bridgehead atoms. The van der Waals surface area contributed by atoms with Crippen LogP contribution in [-0.2, 0) is 4.79 Å². The summed E-state index contributed by atoms with van der Waals surface area (Å²) in [5, 5.41) is 4.05. The van der Waals surface area contributed by atoms with E-state index in [1.807, 2.05) is 68.4 Å². The second kappa shape index (κ2) is 15.0. The molecule has 1 atom stereocenters. The second-order valence-corrected chi connectivity index (χ2v) is 9.29. The maximum absolute atomic E-state index is 12.7. The number of carbonyl (C=O) groups is 2. The molecule has 42 heavy (non-hydrogen) atoms. The van der Waals surface area contributed by atoms with E-state index >= 15 is 0 Å². The molecule has 0 aliphatic heterocycles. The number of hydrogen-bond acceptors (Lipinski definition) is 7. The van der Waals surface area contributed by atoms with Crippen molar-refractivity contribution in [3.63, 3.8) is 0 Å². The van der Waals surface area contributed by atoms with E-state index < -0.39 is 18.0 Å². The summed E-state index contributed by atoms with van der Waals surface area (Å²) in [5.41, 5.74) is 5.68. The van der Waals surface area contributed by atoms with Crippen molar-refractivity contribution < 1.29 is 28.5 Å². The van der Waals surface area contributed by atoms with Crippen LogP contribution < -0.4 is 24.4 Å². The molecule has 0 aliphatic rings. The van der Waals surface area contributed by atoms with Gasteiger partial charge in [0.2, 0.25) is 0 Å². The van der Waals surface area contributed by atoms with Gasteiger partial charge in [-0.3, -0.25) is 4.79 Å². The molecule has 4 aromatic rings. The highest BCUT2D eigenvalue weighted by Crippen LogP contribution is 2.29. The fraction of sp³-hybridized carbons (Fsp3) is 0.206. The normalized spacial score (nSPS) is 11.5. The van der Waals surface area contributed by atoms with Gasteiger partial charge in [0.1, 0.15) is 11.5 Å². The van der Waals surface area contributed by atoms with Crippen molar-refractivity contribution in [3.8, 4) is 34.1 Å². The fourth-order valence-electron chi connectivity index (χ4n) is 3.90. The third-order valence-corrected chi connectivity index (χ3v) is 6.07. The molecule has 8 nitrogen and oxygen atoms in total. The van der Waals surface area contributed by atoms with Crippen LogP contribution in [0.5, 0.6) is 23.0 Å². The molecule has 0 saturated heterocycles. The van der Waals surface area contributed by atoms with Crippen molar-refractivity contribution in [2.24, 2.45) is 5.10 Å². The van der Waals surface area contributed by atoms with Crippen LogP contribution in [-0.4, -0.2) is 37.4 Å². The van der Waals surface area contributed by atoms with Gasteiger partial charge >= 0.3 is 5.97 Å². The standard InChI is InChI=1S/C34H34N2O6/c1-4-21-40-29-16-14-28(15-17-29)34(38)42-31-20-11-25(22-32(31)39-5-2)23-35-36-33(37)24(3)41-30-18-12-27(13-19-30)26-9-7-6-8-10-26/h6-20,22-24H,4-5,21H2,1-3H3,(H,36,37)/b35-23-/t24-/m0/s1. The Morgan fingerprint density at radius 1 is 0.810 bits per heavy atom. The van der Waals surface area contributed by atoms with Crippen LogP contribution in [0.1, 0.15) is 43.1 Å². The number of rotatable bonds is 13. The third-order valence-electron chi connectivity index (χ3n) is 6.07. The van der Waals surface area contributed by atoms with Crippen LogP contribution in [0.2, 0.25) is 0 Å². The van der Waals surface area contributed by atoms with Gasteiger partial charge in [-0.05, 0) is 91.6 Å². The molecular formula is C34H34N2O6. The molecule has 216 valence electrons. The van der Waals surface area contributed by atoms with E-state index in [1.165, 1.54) is 6.21 Å². The highest BCUT2D eigenvalue weighted by Gasteiger charge is 2.15. The van der Waals surface area contributed by atoms with Gasteiger partial charge in [0, 0.05) is 0 Å². The summed E-state index contributed by atoms with van der Waals surface area (Å²) in [6.45, 7) is 6.49. The van der Waals surface area contributed by atoms with E-state index in [4.69, 9.17) is 18.9 Å². The molecule has 0 aliphatic carbocycles. The molecule has 0 unspecified atom stereocenters. The zero-order valence-corrected chi connectivity index (χ0v) is 23.9. The molecule has 0 fully saturated rings. The lowest BCUT2D eigenvalue weighted by Crippen LogP contribution is -2.33. The molecule has 4 rings (SSSR count). The molecule has 0 saturated carbocycles. The Balaban J connectivity index is 1.32. The lowest BCUT2D eigenvalue weighted by molar-refractivity contribution is -0.127. The average Bonchev–Trinajstić information content (AvgIpc) is 3.02. The fourth-order valence-corrected chi connectivity index (χ4v) is 3.90. The smallest absolute Gasteiger partial charge is 0.343 e. The minimum Gasteiger partial charge on any atom is -0.494 e. The lowest BCUT2D eigenvalue weighted by Gasteiger charge is -2.13. The van der Waals surface area contributed by atoms with Crippen molar-refractivity contribution in [3.05, 3.63) is 108 Å². The monoisotopic (exact) mass is 566 g/mol. The first-order valence-electron chi connectivity index (χ1n) is 13.8. The van der Waals surface area contributed by atoms with Gasteiger partial charge in [0.25, 0.3) is 5.91 Å². The average molecular weight is 567 g/mol. The Bertz CT molecular complexity index is 1490. The molecule has 8 heteroatoms. The molecule has 0 spiro atoms. The van der Waals surface area contributed by atoms with Gasteiger partial charge in [-0.2, -0.15) is 5.10 Å². The van der Waals surface area contributed by atoms with Crippen LogP contribution >= 0.6 is 0 Å². The van der Waals surface area contributed by atoms with Crippen LogP contribution in [0, 0.1) is 0 Å². The maximum Gasteiger partial charge on any atom is 0.343 e. The predicted molar refractivity (Wildman–Crippen MR) is 163 cm³/mol. The summed E-state index contributed by atoms with van der Waals surface area (Å²) >= 11 is 0. The maximum atomic E-state index is 12.7. The Morgan fingerprint density at radius 2 is 1.50 bits per heavy atom. The molecule has 0 radical (unpaired) electrons. The first kappa shape index (κ1) is 29.9. The van der Waals surface area contributed by atoms with Crippen molar-refractivity contribution in [2.45, 2.75) is 33.3 Å². The predicted octanol–water partition coefficient (Wildman–Crippen LogP) is 6.68. The Hall–Kier alpha value is -5.11. The summed E-state index contributed by atoms with van der Waals surface area (Å²) < 4.78 is 22.6.